The predicted molar refractivity (Wildman–Crippen MR) is 85.3 cm³/mol. The monoisotopic (exact) mass is 316 g/mol. The second-order valence-electron chi connectivity index (χ2n) is 4.38. The average Bonchev–Trinajstić information content (AvgIpc) is 2.52. The maximum atomic E-state index is 12.4. The van der Waals surface area contributed by atoms with Gasteiger partial charge in [-0.3, -0.25) is 9.36 Å². The lowest BCUT2D eigenvalue weighted by atomic mass is 10.1. The summed E-state index contributed by atoms with van der Waals surface area (Å²) < 4.78 is 1.48. The lowest BCUT2D eigenvalue weighted by molar-refractivity contribution is 0.967. The molecule has 21 heavy (non-hydrogen) atoms. The van der Waals surface area contributed by atoms with Crippen LogP contribution in [0, 0.1) is 0 Å². The molecule has 0 saturated carbocycles. The highest BCUT2D eigenvalue weighted by Gasteiger charge is 2.17. The van der Waals surface area contributed by atoms with Crippen molar-refractivity contribution in [2.75, 3.05) is 0 Å². The van der Waals surface area contributed by atoms with Crippen LogP contribution in [0.3, 0.4) is 0 Å². The molecular formula is C16H10Cl2N2O. The van der Waals surface area contributed by atoms with Crippen LogP contribution in [0.25, 0.3) is 16.9 Å². The quantitative estimate of drug-likeness (QED) is 0.710. The molecule has 0 N–H and O–H groups in total. The van der Waals surface area contributed by atoms with Crippen molar-refractivity contribution in [1.29, 1.82) is 0 Å². The summed E-state index contributed by atoms with van der Waals surface area (Å²) in [6, 6.07) is 18.6. The molecule has 2 aromatic carbocycles. The van der Waals surface area contributed by atoms with Crippen LogP contribution in [0.5, 0.6) is 0 Å². The molecule has 0 spiro atoms. The number of para-hydroxylation sites is 1. The molecule has 104 valence electrons. The minimum absolute atomic E-state index is 0.150. The first-order chi connectivity index (χ1) is 10.2. The molecular weight excluding hydrogens is 307 g/mol. The van der Waals surface area contributed by atoms with Gasteiger partial charge in [-0.05, 0) is 12.1 Å². The first kappa shape index (κ1) is 13.9. The first-order valence-corrected chi connectivity index (χ1v) is 7.03. The van der Waals surface area contributed by atoms with E-state index in [1.54, 1.807) is 0 Å². The van der Waals surface area contributed by atoms with E-state index in [1.807, 2.05) is 60.7 Å². The Labute approximate surface area is 131 Å². The van der Waals surface area contributed by atoms with Crippen molar-refractivity contribution >= 4 is 23.2 Å². The fourth-order valence-electron chi connectivity index (χ4n) is 2.14. The third-order valence-corrected chi connectivity index (χ3v) is 3.57. The Kier molecular flexibility index (Phi) is 3.78. The minimum atomic E-state index is -0.397. The van der Waals surface area contributed by atoms with E-state index in [4.69, 9.17) is 23.2 Å². The molecule has 3 nitrogen and oxygen atoms in total. The Morgan fingerprint density at radius 1 is 0.810 bits per heavy atom. The van der Waals surface area contributed by atoms with E-state index in [2.05, 4.69) is 4.98 Å². The van der Waals surface area contributed by atoms with Gasteiger partial charge in [-0.15, -0.1) is 0 Å². The first-order valence-electron chi connectivity index (χ1n) is 6.27. The summed E-state index contributed by atoms with van der Waals surface area (Å²) in [6.07, 6.45) is 0. The number of nitrogens with zero attached hydrogens (tertiary/aromatic N) is 2. The lowest BCUT2D eigenvalue weighted by Gasteiger charge is -2.14. The Balaban J connectivity index is 2.40. The number of benzene rings is 2. The predicted octanol–water partition coefficient (Wildman–Crippen LogP) is 4.21. The van der Waals surface area contributed by atoms with Crippen molar-refractivity contribution in [1.82, 2.24) is 9.55 Å². The van der Waals surface area contributed by atoms with Crippen molar-refractivity contribution in [3.8, 4) is 16.9 Å². The molecule has 5 heteroatoms. The molecule has 3 rings (SSSR count). The molecule has 0 aliphatic carbocycles. The Hall–Kier alpha value is -2.10. The largest absolute Gasteiger partial charge is 0.293 e. The van der Waals surface area contributed by atoms with Gasteiger partial charge in [-0.25, -0.2) is 4.98 Å². The summed E-state index contributed by atoms with van der Waals surface area (Å²) in [5.41, 5.74) is 1.61. The van der Waals surface area contributed by atoms with Gasteiger partial charge >= 0.3 is 0 Å². The summed E-state index contributed by atoms with van der Waals surface area (Å²) in [6.45, 7) is 0. The van der Waals surface area contributed by atoms with Crippen LogP contribution in [0.4, 0.5) is 0 Å². The normalized spacial score (nSPS) is 10.6. The average molecular weight is 317 g/mol. The number of rotatable bonds is 2. The molecule has 0 fully saturated rings. The summed E-state index contributed by atoms with van der Waals surface area (Å²) in [5, 5.41) is 0.0400. The maximum Gasteiger partial charge on any atom is 0.293 e. The number of halogens is 2. The highest BCUT2D eigenvalue weighted by atomic mass is 35.5. The molecule has 3 aromatic rings. The Morgan fingerprint density at radius 3 is 2.00 bits per heavy atom. The smallest absolute Gasteiger partial charge is 0.271 e. The number of aromatic nitrogens is 2. The standard InChI is InChI=1S/C16H10Cl2N2O/c17-14-13(11-7-3-1-4-8-11)20(16(21)15(18)19-14)12-9-5-2-6-10-12/h1-10H. The third-order valence-electron chi connectivity index (χ3n) is 3.06. The summed E-state index contributed by atoms with van der Waals surface area (Å²) in [5.74, 6) is 0. The number of hydrogen-bond donors (Lipinski definition) is 0. The summed E-state index contributed by atoms with van der Waals surface area (Å²) >= 11 is 12.1. The van der Waals surface area contributed by atoms with E-state index in [0.717, 1.165) is 5.56 Å². The fourth-order valence-corrected chi connectivity index (χ4v) is 2.63. The van der Waals surface area contributed by atoms with Gasteiger partial charge in [0.25, 0.3) is 5.56 Å². The molecule has 0 radical (unpaired) electrons. The van der Waals surface area contributed by atoms with E-state index < -0.39 is 5.56 Å². The van der Waals surface area contributed by atoms with Crippen molar-refractivity contribution in [2.24, 2.45) is 0 Å². The van der Waals surface area contributed by atoms with Crippen LogP contribution in [-0.4, -0.2) is 9.55 Å². The van der Waals surface area contributed by atoms with Crippen LogP contribution < -0.4 is 5.56 Å². The van der Waals surface area contributed by atoms with Crippen molar-refractivity contribution in [3.05, 3.63) is 81.3 Å². The topological polar surface area (TPSA) is 34.9 Å². The molecule has 1 heterocycles. The lowest BCUT2D eigenvalue weighted by Crippen LogP contribution is -2.22. The van der Waals surface area contributed by atoms with Crippen molar-refractivity contribution in [2.45, 2.75) is 0 Å². The van der Waals surface area contributed by atoms with Gasteiger partial charge in [0.1, 0.15) is 0 Å². The van der Waals surface area contributed by atoms with E-state index in [1.165, 1.54) is 4.57 Å². The molecule has 0 aliphatic rings. The second-order valence-corrected chi connectivity index (χ2v) is 5.10. The van der Waals surface area contributed by atoms with Crippen LogP contribution in [-0.2, 0) is 0 Å². The molecule has 0 amide bonds. The SMILES string of the molecule is O=c1c(Cl)nc(Cl)c(-c2ccccc2)n1-c1ccccc1. The van der Waals surface area contributed by atoms with Crippen LogP contribution >= 0.6 is 23.2 Å². The van der Waals surface area contributed by atoms with Crippen molar-refractivity contribution < 1.29 is 0 Å². The highest BCUT2D eigenvalue weighted by molar-refractivity contribution is 6.34. The zero-order valence-corrected chi connectivity index (χ0v) is 12.3. The molecule has 0 atom stereocenters. The zero-order valence-electron chi connectivity index (χ0n) is 10.8. The summed E-state index contributed by atoms with van der Waals surface area (Å²) in [4.78, 5) is 16.4. The second kappa shape index (κ2) is 5.72. The van der Waals surface area contributed by atoms with Crippen molar-refractivity contribution in [3.63, 3.8) is 0 Å². The number of hydrogen-bond acceptors (Lipinski definition) is 2. The Bertz CT molecular complexity index is 830. The summed E-state index contributed by atoms with van der Waals surface area (Å²) in [7, 11) is 0. The third kappa shape index (κ3) is 2.58. The van der Waals surface area contributed by atoms with E-state index in [9.17, 15) is 4.79 Å². The molecule has 1 aromatic heterocycles. The van der Waals surface area contributed by atoms with Gasteiger partial charge in [0.15, 0.2) is 10.3 Å². The molecule has 0 saturated heterocycles. The Morgan fingerprint density at radius 2 is 1.38 bits per heavy atom. The van der Waals surface area contributed by atoms with E-state index in [0.29, 0.717) is 11.4 Å². The maximum absolute atomic E-state index is 12.4. The van der Waals surface area contributed by atoms with Crippen LogP contribution in [0.1, 0.15) is 0 Å². The van der Waals surface area contributed by atoms with E-state index in [-0.39, 0.29) is 10.3 Å². The molecule has 0 aliphatic heterocycles. The van der Waals surface area contributed by atoms with Gasteiger partial charge < -0.3 is 0 Å². The molecule has 0 unspecified atom stereocenters. The van der Waals surface area contributed by atoms with Crippen LogP contribution in [0.15, 0.2) is 65.5 Å². The van der Waals surface area contributed by atoms with Gasteiger partial charge in [0.2, 0.25) is 0 Å². The zero-order chi connectivity index (χ0) is 14.8. The van der Waals surface area contributed by atoms with Gasteiger partial charge in [-0.2, -0.15) is 0 Å². The highest BCUT2D eigenvalue weighted by Crippen LogP contribution is 2.28. The molecule has 0 bridgehead atoms. The fraction of sp³-hybridized carbons (Fsp3) is 0. The minimum Gasteiger partial charge on any atom is -0.271 e. The van der Waals surface area contributed by atoms with Gasteiger partial charge in [0.05, 0.1) is 5.69 Å². The van der Waals surface area contributed by atoms with E-state index >= 15 is 0 Å². The van der Waals surface area contributed by atoms with Gasteiger partial charge in [-0.1, -0.05) is 71.7 Å². The van der Waals surface area contributed by atoms with Crippen LogP contribution in [0.2, 0.25) is 10.3 Å². The van der Waals surface area contributed by atoms with Gasteiger partial charge in [0, 0.05) is 11.3 Å².